The van der Waals surface area contributed by atoms with Crippen molar-refractivity contribution in [2.24, 2.45) is 0 Å². The summed E-state index contributed by atoms with van der Waals surface area (Å²) in [5, 5.41) is 0. The number of aromatic nitrogens is 1. The first-order valence-electron chi connectivity index (χ1n) is 3.66. The van der Waals surface area contributed by atoms with E-state index in [4.69, 9.17) is 16.3 Å². The Labute approximate surface area is 91.1 Å². The van der Waals surface area contributed by atoms with Crippen LogP contribution in [0.2, 0.25) is 4.47 Å². The zero-order valence-corrected chi connectivity index (χ0v) is 9.75. The normalized spacial score (nSPS) is 11.9. The summed E-state index contributed by atoms with van der Waals surface area (Å²) in [6, 6.07) is 0. The quantitative estimate of drug-likeness (QED) is 0.789. The summed E-state index contributed by atoms with van der Waals surface area (Å²) >= 11 is 6.43. The minimum atomic E-state index is -3.47. The summed E-state index contributed by atoms with van der Waals surface area (Å²) in [5.74, 6) is 0. The number of halogens is 1. The summed E-state index contributed by atoms with van der Waals surface area (Å²) in [6.45, 7) is 0.556. The van der Waals surface area contributed by atoms with Crippen LogP contribution in [0.5, 0.6) is 0 Å². The van der Waals surface area contributed by atoms with Crippen molar-refractivity contribution in [2.75, 3.05) is 20.3 Å². The van der Waals surface area contributed by atoms with Crippen LogP contribution in [0.1, 0.15) is 0 Å². The highest BCUT2D eigenvalue weighted by atomic mass is 35.5. The Hall–Kier alpha value is -0.210. The molecule has 0 bridgehead atoms. The molecule has 0 aromatic carbocycles. The second-order valence-electron chi connectivity index (χ2n) is 2.32. The van der Waals surface area contributed by atoms with Crippen LogP contribution in [0.15, 0.2) is 10.4 Å². The average molecular weight is 257 g/mol. The van der Waals surface area contributed by atoms with E-state index >= 15 is 0 Å². The molecule has 0 radical (unpaired) electrons. The van der Waals surface area contributed by atoms with Gasteiger partial charge in [-0.15, -0.1) is 0 Å². The Morgan fingerprint density at radius 2 is 2.43 bits per heavy atom. The highest BCUT2D eigenvalue weighted by Crippen LogP contribution is 2.21. The molecule has 0 saturated heterocycles. The fourth-order valence-electron chi connectivity index (χ4n) is 0.713. The van der Waals surface area contributed by atoms with E-state index in [1.165, 1.54) is 13.3 Å². The number of rotatable bonds is 5. The van der Waals surface area contributed by atoms with Crippen LogP contribution in [0.3, 0.4) is 0 Å². The number of methoxy groups -OCH3 is 1. The van der Waals surface area contributed by atoms with E-state index in [0.29, 0.717) is 6.61 Å². The van der Waals surface area contributed by atoms with Gasteiger partial charge in [-0.2, -0.15) is 0 Å². The number of sulfonamides is 1. The predicted molar refractivity (Wildman–Crippen MR) is 54.2 cm³/mol. The molecule has 0 unspecified atom stereocenters. The van der Waals surface area contributed by atoms with Crippen LogP contribution < -0.4 is 4.72 Å². The molecule has 0 fully saturated rings. The van der Waals surface area contributed by atoms with Crippen molar-refractivity contribution >= 4 is 33.0 Å². The predicted octanol–water partition coefficient (Wildman–Crippen LogP) is 0.721. The molecule has 0 saturated carbocycles. The lowest BCUT2D eigenvalue weighted by Crippen LogP contribution is -2.26. The van der Waals surface area contributed by atoms with Gasteiger partial charge in [0.25, 0.3) is 10.0 Å². The van der Waals surface area contributed by atoms with Gasteiger partial charge in [0, 0.05) is 13.7 Å². The SMILES string of the molecule is COCCNS(=O)(=O)c1cnc(Cl)s1. The Balaban J connectivity index is 2.66. The molecule has 1 aromatic rings. The van der Waals surface area contributed by atoms with E-state index in [2.05, 4.69) is 9.71 Å². The van der Waals surface area contributed by atoms with Crippen molar-refractivity contribution in [3.8, 4) is 0 Å². The van der Waals surface area contributed by atoms with Gasteiger partial charge in [0.05, 0.1) is 12.8 Å². The third-order valence-corrected chi connectivity index (χ3v) is 4.36. The first kappa shape index (κ1) is 11.9. The first-order valence-corrected chi connectivity index (χ1v) is 6.34. The maximum Gasteiger partial charge on any atom is 0.251 e. The van der Waals surface area contributed by atoms with Crippen LogP contribution in [0.4, 0.5) is 0 Å². The molecule has 1 aromatic heterocycles. The smallest absolute Gasteiger partial charge is 0.251 e. The zero-order valence-electron chi connectivity index (χ0n) is 7.36. The maximum atomic E-state index is 11.5. The summed E-state index contributed by atoms with van der Waals surface area (Å²) in [5.41, 5.74) is 0. The number of ether oxygens (including phenoxy) is 1. The van der Waals surface area contributed by atoms with E-state index in [-0.39, 0.29) is 15.2 Å². The van der Waals surface area contributed by atoms with Crippen molar-refractivity contribution in [2.45, 2.75) is 4.21 Å². The number of hydrogen-bond donors (Lipinski definition) is 1. The molecule has 0 aliphatic carbocycles. The minimum Gasteiger partial charge on any atom is -0.383 e. The first-order chi connectivity index (χ1) is 6.56. The highest BCUT2D eigenvalue weighted by Gasteiger charge is 2.16. The van der Waals surface area contributed by atoms with E-state index in [1.54, 1.807) is 0 Å². The molecule has 1 rings (SSSR count). The van der Waals surface area contributed by atoms with Gasteiger partial charge in [-0.05, 0) is 0 Å². The van der Waals surface area contributed by atoms with Crippen molar-refractivity contribution in [3.05, 3.63) is 10.7 Å². The fraction of sp³-hybridized carbons (Fsp3) is 0.500. The van der Waals surface area contributed by atoms with E-state index < -0.39 is 10.0 Å². The van der Waals surface area contributed by atoms with Crippen LogP contribution in [-0.2, 0) is 14.8 Å². The summed E-state index contributed by atoms with van der Waals surface area (Å²) in [6.07, 6.45) is 1.22. The third kappa shape index (κ3) is 3.18. The van der Waals surface area contributed by atoms with Crippen LogP contribution in [0.25, 0.3) is 0 Å². The average Bonchev–Trinajstić information content (AvgIpc) is 2.53. The molecule has 80 valence electrons. The molecule has 0 aliphatic rings. The summed E-state index contributed by atoms with van der Waals surface area (Å²) in [4.78, 5) is 3.64. The molecule has 5 nitrogen and oxygen atoms in total. The van der Waals surface area contributed by atoms with Gasteiger partial charge in [-0.1, -0.05) is 22.9 Å². The van der Waals surface area contributed by atoms with Crippen LogP contribution in [0, 0.1) is 0 Å². The molecule has 14 heavy (non-hydrogen) atoms. The molecule has 8 heteroatoms. The van der Waals surface area contributed by atoms with E-state index in [1.807, 2.05) is 0 Å². The molecular weight excluding hydrogens is 248 g/mol. The van der Waals surface area contributed by atoms with Gasteiger partial charge in [-0.25, -0.2) is 18.1 Å². The lowest BCUT2D eigenvalue weighted by atomic mass is 10.7. The second-order valence-corrected chi connectivity index (χ2v) is 5.93. The van der Waals surface area contributed by atoms with Gasteiger partial charge in [0.1, 0.15) is 0 Å². The largest absolute Gasteiger partial charge is 0.383 e. The maximum absolute atomic E-state index is 11.5. The number of nitrogens with one attached hydrogen (secondary N) is 1. The van der Waals surface area contributed by atoms with Gasteiger partial charge >= 0.3 is 0 Å². The lowest BCUT2D eigenvalue weighted by molar-refractivity contribution is 0.204. The third-order valence-electron chi connectivity index (χ3n) is 1.32. The van der Waals surface area contributed by atoms with Gasteiger partial charge < -0.3 is 4.74 Å². The van der Waals surface area contributed by atoms with Gasteiger partial charge in [0.15, 0.2) is 8.68 Å². The standard InChI is InChI=1S/C6H9ClN2O3S2/c1-12-3-2-9-14(10,11)5-4-8-6(7)13-5/h4,9H,2-3H2,1H3. The van der Waals surface area contributed by atoms with Crippen LogP contribution in [-0.4, -0.2) is 33.7 Å². The molecular formula is C6H9ClN2O3S2. The molecule has 1 heterocycles. The van der Waals surface area contributed by atoms with Crippen LogP contribution >= 0.6 is 22.9 Å². The molecule has 0 spiro atoms. The van der Waals surface area contributed by atoms with Crippen molar-refractivity contribution in [1.82, 2.24) is 9.71 Å². The number of thiazole rings is 1. The summed E-state index contributed by atoms with van der Waals surface area (Å²) in [7, 11) is -1.97. The fourth-order valence-corrected chi connectivity index (χ4v) is 3.06. The van der Waals surface area contributed by atoms with Crippen molar-refractivity contribution in [1.29, 1.82) is 0 Å². The molecule has 1 N–H and O–H groups in total. The van der Waals surface area contributed by atoms with Crippen molar-refractivity contribution < 1.29 is 13.2 Å². The van der Waals surface area contributed by atoms with Gasteiger partial charge in [-0.3, -0.25) is 0 Å². The highest BCUT2D eigenvalue weighted by molar-refractivity contribution is 7.91. The Morgan fingerprint density at radius 1 is 1.71 bits per heavy atom. The lowest BCUT2D eigenvalue weighted by Gasteiger charge is -2.02. The Morgan fingerprint density at radius 3 is 2.93 bits per heavy atom. The van der Waals surface area contributed by atoms with Gasteiger partial charge in [0.2, 0.25) is 0 Å². The molecule has 0 amide bonds. The Bertz CT molecular complexity index is 390. The summed E-state index contributed by atoms with van der Waals surface area (Å²) < 4.78 is 30.3. The second kappa shape index (κ2) is 5.04. The van der Waals surface area contributed by atoms with Crippen molar-refractivity contribution in [3.63, 3.8) is 0 Å². The monoisotopic (exact) mass is 256 g/mol. The number of nitrogens with zero attached hydrogens (tertiary/aromatic N) is 1. The topological polar surface area (TPSA) is 68.3 Å². The van der Waals surface area contributed by atoms with E-state index in [9.17, 15) is 8.42 Å². The number of hydrogen-bond acceptors (Lipinski definition) is 5. The molecule has 0 aliphatic heterocycles. The zero-order chi connectivity index (χ0) is 10.6. The Kier molecular flexibility index (Phi) is 4.27. The van der Waals surface area contributed by atoms with E-state index in [0.717, 1.165) is 11.3 Å². The molecule has 0 atom stereocenters. The minimum absolute atomic E-state index is 0.110.